The Morgan fingerprint density at radius 1 is 1.14 bits per heavy atom. The minimum Gasteiger partial charge on any atom is -0.465 e. The number of benzene rings is 2. The molecular formula is C26H26FN5O4. The monoisotopic (exact) mass is 491 g/mol. The van der Waals surface area contributed by atoms with E-state index in [1.54, 1.807) is 11.0 Å². The number of nitrogens with zero attached hydrogens (tertiary/aromatic N) is 3. The van der Waals surface area contributed by atoms with Crippen molar-refractivity contribution >= 4 is 17.7 Å². The van der Waals surface area contributed by atoms with E-state index in [0.29, 0.717) is 35.3 Å². The average molecular weight is 492 g/mol. The number of halogens is 1. The number of aromatic amines is 1. The zero-order chi connectivity index (χ0) is 25.2. The zero-order valence-corrected chi connectivity index (χ0v) is 19.5. The summed E-state index contributed by atoms with van der Waals surface area (Å²) in [6.07, 6.45) is 0.763. The lowest BCUT2D eigenvalue weighted by atomic mass is 9.98. The molecule has 0 saturated carbocycles. The second-order valence-corrected chi connectivity index (χ2v) is 9.03. The number of carbonyl (C=O) groups excluding carboxylic acids is 1. The third kappa shape index (κ3) is 4.53. The van der Waals surface area contributed by atoms with E-state index < -0.39 is 23.9 Å². The molecule has 1 fully saturated rings. The number of carbonyl (C=O) groups is 2. The van der Waals surface area contributed by atoms with Crippen molar-refractivity contribution in [1.29, 1.82) is 0 Å². The number of aromatic nitrogens is 2. The van der Waals surface area contributed by atoms with Crippen LogP contribution < -0.4 is 10.9 Å². The van der Waals surface area contributed by atoms with Crippen molar-refractivity contribution in [2.75, 3.05) is 31.5 Å². The number of H-pyrrole nitrogens is 1. The summed E-state index contributed by atoms with van der Waals surface area (Å²) in [5.74, 6) is -1.14. The molecule has 3 aromatic rings. The highest BCUT2D eigenvalue weighted by molar-refractivity contribution is 5.95. The Balaban J connectivity index is 1.45. The number of anilines is 1. The third-order valence-electron chi connectivity index (χ3n) is 6.79. The molecule has 3 heterocycles. The molecule has 9 nitrogen and oxygen atoms in total. The fourth-order valence-electron chi connectivity index (χ4n) is 4.94. The van der Waals surface area contributed by atoms with E-state index in [1.165, 1.54) is 17.0 Å². The molecule has 1 saturated heterocycles. The molecule has 2 amide bonds. The summed E-state index contributed by atoms with van der Waals surface area (Å²) in [6.45, 7) is 1.13. The molecule has 1 aromatic heterocycles. The van der Waals surface area contributed by atoms with Crippen LogP contribution in [-0.2, 0) is 12.8 Å². The lowest BCUT2D eigenvalue weighted by Gasteiger charge is -2.40. The normalized spacial score (nSPS) is 17.3. The van der Waals surface area contributed by atoms with Gasteiger partial charge < -0.3 is 20.2 Å². The summed E-state index contributed by atoms with van der Waals surface area (Å²) in [7, 11) is 0. The Hall–Kier alpha value is -4.21. The Bertz CT molecular complexity index is 1360. The molecule has 36 heavy (non-hydrogen) atoms. The fraction of sp³-hybridized carbons (Fsp3) is 0.308. The van der Waals surface area contributed by atoms with Crippen molar-refractivity contribution in [2.45, 2.75) is 25.3 Å². The Morgan fingerprint density at radius 2 is 1.94 bits per heavy atom. The van der Waals surface area contributed by atoms with Gasteiger partial charge in [-0.1, -0.05) is 36.4 Å². The first kappa shape index (κ1) is 23.5. The molecule has 0 aliphatic carbocycles. The van der Waals surface area contributed by atoms with E-state index in [-0.39, 0.29) is 30.8 Å². The largest absolute Gasteiger partial charge is 0.465 e. The molecule has 10 heteroatoms. The second kappa shape index (κ2) is 9.80. The molecule has 0 spiro atoms. The van der Waals surface area contributed by atoms with Gasteiger partial charge in [0.2, 0.25) is 0 Å². The van der Waals surface area contributed by atoms with Crippen LogP contribution in [0.1, 0.15) is 45.2 Å². The Labute approximate surface area is 206 Å². The maximum absolute atomic E-state index is 14.9. The third-order valence-corrected chi connectivity index (χ3v) is 6.79. The zero-order valence-electron chi connectivity index (χ0n) is 19.5. The Kier molecular flexibility index (Phi) is 6.41. The number of carboxylic acid groups (broad SMARTS) is 1. The first-order valence-electron chi connectivity index (χ1n) is 11.9. The molecule has 1 atom stereocenters. The van der Waals surface area contributed by atoms with Crippen LogP contribution in [-0.4, -0.2) is 63.3 Å². The van der Waals surface area contributed by atoms with Crippen molar-refractivity contribution in [1.82, 2.24) is 20.0 Å². The summed E-state index contributed by atoms with van der Waals surface area (Å²) in [4.78, 5) is 40.2. The predicted molar refractivity (Wildman–Crippen MR) is 131 cm³/mol. The molecule has 186 valence electrons. The number of hydrogen-bond acceptors (Lipinski definition) is 5. The lowest BCUT2D eigenvalue weighted by molar-refractivity contribution is 0.0443. The van der Waals surface area contributed by atoms with E-state index in [9.17, 15) is 23.9 Å². The highest BCUT2D eigenvalue weighted by Crippen LogP contribution is 2.29. The minimum atomic E-state index is -1.05. The van der Waals surface area contributed by atoms with Crippen LogP contribution in [0.2, 0.25) is 0 Å². The van der Waals surface area contributed by atoms with Gasteiger partial charge in [-0.15, -0.1) is 0 Å². The molecule has 2 aromatic carbocycles. The SMILES string of the molecule is O=C(O)N1CCN(C(=O)c2cc(Cc3n[nH]c(=O)c4c3NCCC4)ccc2F)[C@H](c2ccccc2)C1. The fourth-order valence-corrected chi connectivity index (χ4v) is 4.94. The molecule has 0 radical (unpaired) electrons. The second-order valence-electron chi connectivity index (χ2n) is 9.03. The van der Waals surface area contributed by atoms with Crippen molar-refractivity contribution in [2.24, 2.45) is 0 Å². The van der Waals surface area contributed by atoms with E-state index in [2.05, 4.69) is 15.5 Å². The van der Waals surface area contributed by atoms with Gasteiger partial charge in [0, 0.05) is 38.2 Å². The van der Waals surface area contributed by atoms with Crippen LogP contribution in [0.3, 0.4) is 0 Å². The standard InChI is InChI=1S/C26H26FN5O4/c27-20-9-8-16(14-21-23-18(7-4-10-28-23)24(33)30-29-21)13-19(20)25(34)32-12-11-31(26(35)36)15-22(32)17-5-2-1-3-6-17/h1-3,5-6,8-9,13,22,28H,4,7,10-12,14-15H2,(H,30,33)(H,35,36)/t22-/m0/s1. The van der Waals surface area contributed by atoms with Gasteiger partial charge in [-0.2, -0.15) is 5.10 Å². The van der Waals surface area contributed by atoms with Crippen LogP contribution in [0, 0.1) is 5.82 Å². The minimum absolute atomic E-state index is 0.0801. The number of fused-ring (bicyclic) bond motifs is 1. The van der Waals surface area contributed by atoms with E-state index >= 15 is 0 Å². The van der Waals surface area contributed by atoms with Gasteiger partial charge in [0.05, 0.1) is 23.0 Å². The molecule has 0 bridgehead atoms. The van der Waals surface area contributed by atoms with Crippen molar-refractivity contribution in [3.8, 4) is 0 Å². The number of piperazine rings is 1. The highest BCUT2D eigenvalue weighted by Gasteiger charge is 2.35. The van der Waals surface area contributed by atoms with E-state index in [1.807, 2.05) is 30.3 Å². The molecule has 0 unspecified atom stereocenters. The smallest absolute Gasteiger partial charge is 0.407 e. The molecule has 5 rings (SSSR count). The van der Waals surface area contributed by atoms with Crippen molar-refractivity contribution in [3.05, 3.63) is 92.6 Å². The maximum Gasteiger partial charge on any atom is 0.407 e. The number of rotatable bonds is 4. The van der Waals surface area contributed by atoms with E-state index in [4.69, 9.17) is 0 Å². The van der Waals surface area contributed by atoms with Crippen LogP contribution in [0.5, 0.6) is 0 Å². The van der Waals surface area contributed by atoms with Gasteiger partial charge >= 0.3 is 6.09 Å². The molecule has 2 aliphatic heterocycles. The quantitative estimate of drug-likeness (QED) is 0.516. The summed E-state index contributed by atoms with van der Waals surface area (Å²) in [6, 6.07) is 13.0. The highest BCUT2D eigenvalue weighted by atomic mass is 19.1. The summed E-state index contributed by atoms with van der Waals surface area (Å²) < 4.78 is 14.9. The van der Waals surface area contributed by atoms with Gasteiger partial charge in [-0.25, -0.2) is 14.3 Å². The van der Waals surface area contributed by atoms with Crippen LogP contribution in [0.25, 0.3) is 0 Å². The summed E-state index contributed by atoms with van der Waals surface area (Å²) >= 11 is 0. The van der Waals surface area contributed by atoms with E-state index in [0.717, 1.165) is 18.5 Å². The number of amides is 2. The first-order valence-corrected chi connectivity index (χ1v) is 11.9. The summed E-state index contributed by atoms with van der Waals surface area (Å²) in [5, 5.41) is 19.5. The predicted octanol–water partition coefficient (Wildman–Crippen LogP) is 3.04. The van der Waals surface area contributed by atoms with Gasteiger partial charge in [0.25, 0.3) is 11.5 Å². The van der Waals surface area contributed by atoms with Gasteiger partial charge in [-0.05, 0) is 36.1 Å². The average Bonchev–Trinajstić information content (AvgIpc) is 2.91. The van der Waals surface area contributed by atoms with Crippen molar-refractivity contribution < 1.29 is 19.1 Å². The molecular weight excluding hydrogens is 465 g/mol. The first-order chi connectivity index (χ1) is 17.4. The van der Waals surface area contributed by atoms with Crippen LogP contribution in [0.4, 0.5) is 14.9 Å². The number of nitrogens with one attached hydrogen (secondary N) is 2. The number of hydrogen-bond donors (Lipinski definition) is 3. The Morgan fingerprint density at radius 3 is 2.72 bits per heavy atom. The maximum atomic E-state index is 14.9. The lowest BCUT2D eigenvalue weighted by Crippen LogP contribution is -2.52. The van der Waals surface area contributed by atoms with Gasteiger partial charge in [-0.3, -0.25) is 9.59 Å². The van der Waals surface area contributed by atoms with Crippen molar-refractivity contribution in [3.63, 3.8) is 0 Å². The molecule has 2 aliphatic rings. The molecule has 3 N–H and O–H groups in total. The van der Waals surface area contributed by atoms with Crippen LogP contribution >= 0.6 is 0 Å². The van der Waals surface area contributed by atoms with Gasteiger partial charge in [0.1, 0.15) is 5.82 Å². The van der Waals surface area contributed by atoms with Gasteiger partial charge in [0.15, 0.2) is 0 Å². The van der Waals surface area contributed by atoms with Crippen LogP contribution in [0.15, 0.2) is 53.3 Å². The summed E-state index contributed by atoms with van der Waals surface area (Å²) in [5.41, 5.74) is 3.15. The topological polar surface area (TPSA) is 119 Å².